The van der Waals surface area contributed by atoms with Crippen molar-refractivity contribution in [1.29, 1.82) is 0 Å². The van der Waals surface area contributed by atoms with Gasteiger partial charge in [0.05, 0.1) is 0 Å². The Morgan fingerprint density at radius 2 is 1.76 bits per heavy atom. The summed E-state index contributed by atoms with van der Waals surface area (Å²) in [6.45, 7) is 17.4. The molecule has 0 aromatic rings. The largest absolute Gasteiger partial charge is 0.316 e. The minimum Gasteiger partial charge on any atom is -0.316 e. The number of rotatable bonds is 11. The van der Waals surface area contributed by atoms with Gasteiger partial charge in [0.15, 0.2) is 0 Å². The molecule has 0 bridgehead atoms. The molecular weight excluding hydrogens is 208 g/mol. The Kier molecular flexibility index (Phi) is 9.85. The van der Waals surface area contributed by atoms with Crippen molar-refractivity contribution in [2.45, 2.75) is 60.3 Å². The van der Waals surface area contributed by atoms with E-state index in [2.05, 4.69) is 44.8 Å². The highest BCUT2D eigenvalue weighted by Crippen LogP contribution is 2.24. The van der Waals surface area contributed by atoms with Crippen LogP contribution in [-0.2, 0) is 0 Å². The molecule has 0 saturated carbocycles. The molecule has 2 nitrogen and oxygen atoms in total. The Bertz CT molecular complexity index is 170. The Hall–Kier alpha value is -0.0800. The SMILES string of the molecule is CCCCN(CC)CC(C)(CCC)CNCC. The van der Waals surface area contributed by atoms with E-state index >= 15 is 0 Å². The molecule has 0 spiro atoms. The van der Waals surface area contributed by atoms with Gasteiger partial charge in [0, 0.05) is 13.1 Å². The first-order valence-electron chi connectivity index (χ1n) is 7.54. The summed E-state index contributed by atoms with van der Waals surface area (Å²) >= 11 is 0. The van der Waals surface area contributed by atoms with Gasteiger partial charge in [-0.15, -0.1) is 0 Å². The van der Waals surface area contributed by atoms with Crippen LogP contribution in [0, 0.1) is 5.41 Å². The molecule has 0 aliphatic rings. The van der Waals surface area contributed by atoms with Gasteiger partial charge in [-0.05, 0) is 37.9 Å². The van der Waals surface area contributed by atoms with Crippen LogP contribution in [0.4, 0.5) is 0 Å². The number of nitrogens with one attached hydrogen (secondary N) is 1. The molecule has 2 heteroatoms. The highest BCUT2D eigenvalue weighted by molar-refractivity contribution is 4.80. The average molecular weight is 242 g/mol. The second kappa shape index (κ2) is 9.90. The molecule has 0 aromatic heterocycles. The van der Waals surface area contributed by atoms with Gasteiger partial charge < -0.3 is 10.2 Å². The van der Waals surface area contributed by atoms with Crippen LogP contribution in [0.25, 0.3) is 0 Å². The Morgan fingerprint density at radius 1 is 1.06 bits per heavy atom. The van der Waals surface area contributed by atoms with Gasteiger partial charge in [0.25, 0.3) is 0 Å². The normalized spacial score (nSPS) is 15.2. The van der Waals surface area contributed by atoms with E-state index < -0.39 is 0 Å². The predicted octanol–water partition coefficient (Wildman–Crippen LogP) is 3.52. The van der Waals surface area contributed by atoms with Crippen LogP contribution in [0.1, 0.15) is 60.3 Å². The van der Waals surface area contributed by atoms with Gasteiger partial charge in [0.1, 0.15) is 0 Å². The average Bonchev–Trinajstić information content (AvgIpc) is 2.32. The second-order valence-electron chi connectivity index (χ2n) is 5.56. The van der Waals surface area contributed by atoms with Gasteiger partial charge in [-0.3, -0.25) is 0 Å². The highest BCUT2D eigenvalue weighted by atomic mass is 15.1. The molecular formula is C15H34N2. The van der Waals surface area contributed by atoms with Crippen LogP contribution in [0.3, 0.4) is 0 Å². The smallest absolute Gasteiger partial charge is 0.00474 e. The molecule has 104 valence electrons. The van der Waals surface area contributed by atoms with E-state index in [1.54, 1.807) is 0 Å². The van der Waals surface area contributed by atoms with Crippen LogP contribution in [0.5, 0.6) is 0 Å². The summed E-state index contributed by atoms with van der Waals surface area (Å²) in [6.07, 6.45) is 5.24. The maximum absolute atomic E-state index is 3.53. The van der Waals surface area contributed by atoms with Gasteiger partial charge in [-0.2, -0.15) is 0 Å². The monoisotopic (exact) mass is 242 g/mol. The van der Waals surface area contributed by atoms with Crippen LogP contribution in [-0.4, -0.2) is 37.6 Å². The van der Waals surface area contributed by atoms with E-state index in [1.807, 2.05) is 0 Å². The quantitative estimate of drug-likeness (QED) is 0.596. The molecule has 0 aromatic carbocycles. The van der Waals surface area contributed by atoms with E-state index in [9.17, 15) is 0 Å². The van der Waals surface area contributed by atoms with E-state index in [0.717, 1.165) is 13.1 Å². The maximum Gasteiger partial charge on any atom is 0.00474 e. The number of hydrogen-bond donors (Lipinski definition) is 1. The van der Waals surface area contributed by atoms with E-state index in [1.165, 1.54) is 45.3 Å². The summed E-state index contributed by atoms with van der Waals surface area (Å²) < 4.78 is 0. The van der Waals surface area contributed by atoms with Crippen molar-refractivity contribution in [3.8, 4) is 0 Å². The predicted molar refractivity (Wildman–Crippen MR) is 78.6 cm³/mol. The van der Waals surface area contributed by atoms with E-state index in [-0.39, 0.29) is 0 Å². The molecule has 0 amide bonds. The highest BCUT2D eigenvalue weighted by Gasteiger charge is 2.25. The van der Waals surface area contributed by atoms with Gasteiger partial charge >= 0.3 is 0 Å². The molecule has 0 saturated heterocycles. The van der Waals surface area contributed by atoms with Crippen LogP contribution in [0.2, 0.25) is 0 Å². The molecule has 17 heavy (non-hydrogen) atoms. The molecule has 0 fully saturated rings. The lowest BCUT2D eigenvalue weighted by Crippen LogP contribution is -2.42. The summed E-state index contributed by atoms with van der Waals surface area (Å²) in [4.78, 5) is 2.62. The first-order chi connectivity index (χ1) is 8.11. The summed E-state index contributed by atoms with van der Waals surface area (Å²) in [5, 5.41) is 3.53. The topological polar surface area (TPSA) is 15.3 Å². The van der Waals surface area contributed by atoms with Crippen molar-refractivity contribution in [3.05, 3.63) is 0 Å². The lowest BCUT2D eigenvalue weighted by Gasteiger charge is -2.35. The fourth-order valence-electron chi connectivity index (χ4n) is 2.52. The number of hydrogen-bond acceptors (Lipinski definition) is 2. The summed E-state index contributed by atoms with van der Waals surface area (Å²) in [5.41, 5.74) is 0.439. The molecule has 1 unspecified atom stereocenters. The molecule has 0 heterocycles. The standard InChI is InChI=1S/C15H34N2/c1-6-10-12-17(9-4)14-15(5,11-7-2)13-16-8-3/h16H,6-14H2,1-5H3. The Labute approximate surface area is 109 Å². The Morgan fingerprint density at radius 3 is 2.24 bits per heavy atom. The van der Waals surface area contributed by atoms with Crippen LogP contribution < -0.4 is 5.32 Å². The molecule has 0 radical (unpaired) electrons. The van der Waals surface area contributed by atoms with Crippen molar-refractivity contribution in [1.82, 2.24) is 10.2 Å². The van der Waals surface area contributed by atoms with Crippen molar-refractivity contribution < 1.29 is 0 Å². The first kappa shape index (κ1) is 16.9. The van der Waals surface area contributed by atoms with Gasteiger partial charge in [-0.25, -0.2) is 0 Å². The summed E-state index contributed by atoms with van der Waals surface area (Å²) in [6, 6.07) is 0. The molecule has 0 rings (SSSR count). The molecule has 1 N–H and O–H groups in total. The summed E-state index contributed by atoms with van der Waals surface area (Å²) in [5.74, 6) is 0. The van der Waals surface area contributed by atoms with Crippen molar-refractivity contribution in [2.75, 3.05) is 32.7 Å². The second-order valence-corrected chi connectivity index (χ2v) is 5.56. The first-order valence-corrected chi connectivity index (χ1v) is 7.54. The van der Waals surface area contributed by atoms with E-state index in [0.29, 0.717) is 5.41 Å². The zero-order valence-electron chi connectivity index (χ0n) is 12.8. The van der Waals surface area contributed by atoms with Crippen molar-refractivity contribution in [2.24, 2.45) is 5.41 Å². The minimum atomic E-state index is 0.439. The fourth-order valence-corrected chi connectivity index (χ4v) is 2.52. The molecule has 0 aliphatic heterocycles. The molecule has 1 atom stereocenters. The fraction of sp³-hybridized carbons (Fsp3) is 1.00. The zero-order chi connectivity index (χ0) is 13.1. The third kappa shape index (κ3) is 7.77. The lowest BCUT2D eigenvalue weighted by molar-refractivity contribution is 0.153. The third-order valence-corrected chi connectivity index (χ3v) is 3.54. The summed E-state index contributed by atoms with van der Waals surface area (Å²) in [7, 11) is 0. The maximum atomic E-state index is 3.53. The molecule has 0 aliphatic carbocycles. The zero-order valence-corrected chi connectivity index (χ0v) is 12.8. The van der Waals surface area contributed by atoms with Gasteiger partial charge in [-0.1, -0.05) is 47.5 Å². The van der Waals surface area contributed by atoms with Gasteiger partial charge in [0.2, 0.25) is 0 Å². The third-order valence-electron chi connectivity index (χ3n) is 3.54. The Balaban J connectivity index is 4.26. The van der Waals surface area contributed by atoms with E-state index in [4.69, 9.17) is 0 Å². The minimum absolute atomic E-state index is 0.439. The number of unbranched alkanes of at least 4 members (excludes halogenated alkanes) is 1. The van der Waals surface area contributed by atoms with Crippen LogP contribution in [0.15, 0.2) is 0 Å². The van der Waals surface area contributed by atoms with Crippen LogP contribution >= 0.6 is 0 Å². The van der Waals surface area contributed by atoms with Crippen molar-refractivity contribution in [3.63, 3.8) is 0 Å². The lowest BCUT2D eigenvalue weighted by atomic mass is 9.84. The number of nitrogens with zero attached hydrogens (tertiary/aromatic N) is 1. The van der Waals surface area contributed by atoms with Crippen molar-refractivity contribution >= 4 is 0 Å².